The quantitative estimate of drug-likeness (QED) is 0.660. The highest BCUT2D eigenvalue weighted by atomic mass is 19.3. The lowest BCUT2D eigenvalue weighted by Crippen LogP contribution is -2.34. The van der Waals surface area contributed by atoms with E-state index >= 15 is 0 Å². The van der Waals surface area contributed by atoms with Gasteiger partial charge in [-0.1, -0.05) is 13.8 Å². The van der Waals surface area contributed by atoms with Gasteiger partial charge in [-0.15, -0.1) is 0 Å². The van der Waals surface area contributed by atoms with E-state index in [1.54, 1.807) is 11.9 Å². The van der Waals surface area contributed by atoms with Gasteiger partial charge in [-0.3, -0.25) is 4.90 Å². The molecule has 2 nitrogen and oxygen atoms in total. The van der Waals surface area contributed by atoms with Crippen LogP contribution >= 0.6 is 0 Å². The Morgan fingerprint density at radius 2 is 1.92 bits per heavy atom. The third-order valence-electron chi connectivity index (χ3n) is 1.50. The topological polar surface area (TPSA) is 15.3 Å². The van der Waals surface area contributed by atoms with E-state index in [0.29, 0.717) is 12.6 Å². The van der Waals surface area contributed by atoms with Gasteiger partial charge in [-0.25, -0.2) is 8.78 Å². The molecule has 0 fully saturated rings. The van der Waals surface area contributed by atoms with Crippen molar-refractivity contribution in [1.29, 1.82) is 0 Å². The second-order valence-electron chi connectivity index (χ2n) is 3.26. The molecule has 0 spiro atoms. The van der Waals surface area contributed by atoms with Crippen LogP contribution in [0.1, 0.15) is 13.8 Å². The Kier molecular flexibility index (Phi) is 6.20. The maximum atomic E-state index is 11.8. The molecule has 0 saturated heterocycles. The van der Waals surface area contributed by atoms with Gasteiger partial charge in [-0.2, -0.15) is 0 Å². The van der Waals surface area contributed by atoms with Crippen molar-refractivity contribution < 1.29 is 8.78 Å². The van der Waals surface area contributed by atoms with E-state index in [-0.39, 0.29) is 6.54 Å². The summed E-state index contributed by atoms with van der Waals surface area (Å²) in [5.74, 6) is 0. The predicted molar refractivity (Wildman–Crippen MR) is 46.6 cm³/mol. The average molecular weight is 180 g/mol. The minimum absolute atomic E-state index is 0.139. The van der Waals surface area contributed by atoms with E-state index < -0.39 is 6.43 Å². The summed E-state index contributed by atoms with van der Waals surface area (Å²) in [6.45, 7) is 5.36. The maximum Gasteiger partial charge on any atom is 0.251 e. The van der Waals surface area contributed by atoms with Crippen molar-refractivity contribution in [2.45, 2.75) is 26.3 Å². The first-order chi connectivity index (χ1) is 5.52. The molecule has 0 aliphatic carbocycles. The van der Waals surface area contributed by atoms with Crippen molar-refractivity contribution >= 4 is 0 Å². The number of hydrogen-bond acceptors (Lipinski definition) is 2. The largest absolute Gasteiger partial charge is 0.313 e. The molecule has 0 saturated carbocycles. The Bertz CT molecular complexity index is 107. The molecule has 0 aromatic carbocycles. The number of nitrogens with zero attached hydrogens (tertiary/aromatic N) is 1. The fourth-order valence-electron chi connectivity index (χ4n) is 0.871. The van der Waals surface area contributed by atoms with Crippen LogP contribution in [-0.2, 0) is 0 Å². The van der Waals surface area contributed by atoms with Gasteiger partial charge < -0.3 is 5.32 Å². The normalized spacial score (nSPS) is 12.0. The average Bonchev–Trinajstić information content (AvgIpc) is 1.84. The van der Waals surface area contributed by atoms with E-state index in [2.05, 4.69) is 5.32 Å². The third kappa shape index (κ3) is 7.88. The molecule has 0 bridgehead atoms. The van der Waals surface area contributed by atoms with Crippen LogP contribution in [0, 0.1) is 0 Å². The fourth-order valence-corrected chi connectivity index (χ4v) is 0.871. The van der Waals surface area contributed by atoms with Gasteiger partial charge in [0.1, 0.15) is 0 Å². The zero-order valence-electron chi connectivity index (χ0n) is 7.98. The number of nitrogens with one attached hydrogen (secondary N) is 1. The van der Waals surface area contributed by atoms with Crippen molar-refractivity contribution in [2.75, 3.05) is 26.7 Å². The molecule has 0 radical (unpaired) electrons. The first-order valence-corrected chi connectivity index (χ1v) is 4.22. The Morgan fingerprint density at radius 3 is 2.33 bits per heavy atom. The second kappa shape index (κ2) is 6.31. The van der Waals surface area contributed by atoms with Crippen LogP contribution in [-0.4, -0.2) is 44.0 Å². The first kappa shape index (κ1) is 11.8. The SMILES string of the molecule is CC(C)NCCN(C)CC(F)F. The van der Waals surface area contributed by atoms with Gasteiger partial charge in [0.2, 0.25) is 0 Å². The van der Waals surface area contributed by atoms with E-state index in [0.717, 1.165) is 6.54 Å². The maximum absolute atomic E-state index is 11.8. The van der Waals surface area contributed by atoms with Crippen molar-refractivity contribution in [3.8, 4) is 0 Å². The molecule has 0 aliphatic rings. The summed E-state index contributed by atoms with van der Waals surface area (Å²) in [6, 6.07) is 0.421. The Labute approximate surface area is 72.9 Å². The monoisotopic (exact) mass is 180 g/mol. The Hall–Kier alpha value is -0.220. The van der Waals surface area contributed by atoms with Crippen LogP contribution < -0.4 is 5.32 Å². The number of halogens is 2. The fraction of sp³-hybridized carbons (Fsp3) is 1.00. The molecule has 0 unspecified atom stereocenters. The standard InChI is InChI=1S/C8H18F2N2/c1-7(2)11-4-5-12(3)6-8(9)10/h7-8,11H,4-6H2,1-3H3. The van der Waals surface area contributed by atoms with Crippen molar-refractivity contribution in [2.24, 2.45) is 0 Å². The van der Waals surface area contributed by atoms with Crippen LogP contribution in [0.3, 0.4) is 0 Å². The molecule has 0 aromatic rings. The highest BCUT2D eigenvalue weighted by Gasteiger charge is 2.06. The summed E-state index contributed by atoms with van der Waals surface area (Å²) >= 11 is 0. The predicted octanol–water partition coefficient (Wildman–Crippen LogP) is 1.18. The van der Waals surface area contributed by atoms with E-state index in [4.69, 9.17) is 0 Å². The number of alkyl halides is 2. The van der Waals surface area contributed by atoms with Crippen LogP contribution in [0.15, 0.2) is 0 Å². The highest BCUT2D eigenvalue weighted by Crippen LogP contribution is 1.94. The molecule has 0 aromatic heterocycles. The van der Waals surface area contributed by atoms with Crippen molar-refractivity contribution in [1.82, 2.24) is 10.2 Å². The lowest BCUT2D eigenvalue weighted by molar-refractivity contribution is 0.101. The molecule has 0 rings (SSSR count). The summed E-state index contributed by atoms with van der Waals surface area (Å²) in [4.78, 5) is 1.63. The summed E-state index contributed by atoms with van der Waals surface area (Å²) in [7, 11) is 1.70. The zero-order chi connectivity index (χ0) is 9.56. The molecular formula is C8H18F2N2. The van der Waals surface area contributed by atoms with E-state index in [9.17, 15) is 8.78 Å². The van der Waals surface area contributed by atoms with Crippen LogP contribution in [0.4, 0.5) is 8.78 Å². The van der Waals surface area contributed by atoms with Gasteiger partial charge in [0.25, 0.3) is 6.43 Å². The van der Waals surface area contributed by atoms with Crippen molar-refractivity contribution in [3.63, 3.8) is 0 Å². The summed E-state index contributed by atoms with van der Waals surface area (Å²) in [5.41, 5.74) is 0. The molecule has 12 heavy (non-hydrogen) atoms. The molecule has 4 heteroatoms. The lowest BCUT2D eigenvalue weighted by Gasteiger charge is -2.17. The van der Waals surface area contributed by atoms with Gasteiger partial charge in [0.05, 0.1) is 6.54 Å². The first-order valence-electron chi connectivity index (χ1n) is 4.22. The molecule has 74 valence electrons. The number of likely N-dealkylation sites (N-methyl/N-ethyl adjacent to an activating group) is 1. The molecule has 0 heterocycles. The minimum Gasteiger partial charge on any atom is -0.313 e. The van der Waals surface area contributed by atoms with Crippen LogP contribution in [0.25, 0.3) is 0 Å². The summed E-state index contributed by atoms with van der Waals surface area (Å²) < 4.78 is 23.6. The van der Waals surface area contributed by atoms with E-state index in [1.165, 1.54) is 0 Å². The molecular weight excluding hydrogens is 162 g/mol. The lowest BCUT2D eigenvalue weighted by atomic mass is 10.4. The Balaban J connectivity index is 3.25. The molecule has 0 amide bonds. The molecule has 0 aliphatic heterocycles. The van der Waals surface area contributed by atoms with Gasteiger partial charge in [0.15, 0.2) is 0 Å². The van der Waals surface area contributed by atoms with E-state index in [1.807, 2.05) is 13.8 Å². The molecule has 1 N–H and O–H groups in total. The highest BCUT2D eigenvalue weighted by molar-refractivity contribution is 4.58. The second-order valence-corrected chi connectivity index (χ2v) is 3.26. The smallest absolute Gasteiger partial charge is 0.251 e. The van der Waals surface area contributed by atoms with Gasteiger partial charge >= 0.3 is 0 Å². The van der Waals surface area contributed by atoms with Crippen LogP contribution in [0.5, 0.6) is 0 Å². The summed E-state index contributed by atoms with van der Waals surface area (Å²) in [6.07, 6.45) is -2.23. The van der Waals surface area contributed by atoms with Crippen LogP contribution in [0.2, 0.25) is 0 Å². The number of hydrogen-bond donors (Lipinski definition) is 1. The Morgan fingerprint density at radius 1 is 1.33 bits per heavy atom. The third-order valence-corrected chi connectivity index (χ3v) is 1.50. The van der Waals surface area contributed by atoms with Gasteiger partial charge in [0, 0.05) is 19.1 Å². The zero-order valence-corrected chi connectivity index (χ0v) is 7.98. The summed E-state index contributed by atoms with van der Waals surface area (Å²) in [5, 5.41) is 3.16. The van der Waals surface area contributed by atoms with Crippen molar-refractivity contribution in [3.05, 3.63) is 0 Å². The minimum atomic E-state index is -2.23. The van der Waals surface area contributed by atoms with Gasteiger partial charge in [-0.05, 0) is 7.05 Å². The molecule has 0 atom stereocenters. The number of rotatable bonds is 6.